The summed E-state index contributed by atoms with van der Waals surface area (Å²) in [4.78, 5) is 28.4. The molecule has 52 heavy (non-hydrogen) atoms. The van der Waals surface area contributed by atoms with Gasteiger partial charge in [-0.3, -0.25) is 9.59 Å². The molecule has 5 aliphatic carbocycles. The van der Waals surface area contributed by atoms with E-state index in [1.807, 2.05) is 24.3 Å². The molecule has 12 atom stereocenters. The van der Waals surface area contributed by atoms with E-state index in [-0.39, 0.29) is 57.2 Å². The number of nitrogen functional groups attached to an aromatic ring is 1. The van der Waals surface area contributed by atoms with Crippen LogP contribution in [0.25, 0.3) is 0 Å². The van der Waals surface area contributed by atoms with E-state index in [9.17, 15) is 19.8 Å². The largest absolute Gasteiger partial charge is 0.508 e. The number of carbonyl (C=O) groups excluding carboxylic acids is 2. The maximum atomic E-state index is 14.3. The minimum Gasteiger partial charge on any atom is -0.508 e. The number of nitrogens with two attached hydrogens (primary N) is 1. The van der Waals surface area contributed by atoms with Crippen molar-refractivity contribution in [2.24, 2.45) is 45.3 Å². The Kier molecular flexibility index (Phi) is 8.33. The third kappa shape index (κ3) is 5.08. The lowest BCUT2D eigenvalue weighted by Gasteiger charge is -2.68. The Bertz CT molecular complexity index is 1830. The molecular formula is C46H61NO5. The van der Waals surface area contributed by atoms with Crippen LogP contribution in [0.15, 0.2) is 59.7 Å². The van der Waals surface area contributed by atoms with Crippen molar-refractivity contribution >= 4 is 17.3 Å². The van der Waals surface area contributed by atoms with Gasteiger partial charge in [0.05, 0.1) is 11.7 Å². The number of hydrogen-bond donors (Lipinski definition) is 3. The lowest BCUT2D eigenvalue weighted by molar-refractivity contribution is -0.183. The molecule has 0 radical (unpaired) electrons. The van der Waals surface area contributed by atoms with Gasteiger partial charge in [0.25, 0.3) is 0 Å². The number of aromatic hydroxyl groups is 1. The van der Waals surface area contributed by atoms with Crippen LogP contribution in [-0.2, 0) is 14.3 Å². The number of epoxide rings is 1. The number of phenolic OH excluding ortho intramolecular Hbond substituents is 1. The van der Waals surface area contributed by atoms with Crippen LogP contribution in [0.4, 0.5) is 5.69 Å². The molecule has 8 rings (SSSR count). The van der Waals surface area contributed by atoms with E-state index in [1.54, 1.807) is 12.1 Å². The van der Waals surface area contributed by atoms with Gasteiger partial charge in [-0.2, -0.15) is 0 Å². The predicted octanol–water partition coefficient (Wildman–Crippen LogP) is 9.29. The number of aliphatic hydroxyl groups is 1. The fourth-order valence-corrected chi connectivity index (χ4v) is 14.1. The number of benzene rings is 2. The molecule has 6 nitrogen and oxygen atoms in total. The van der Waals surface area contributed by atoms with E-state index in [4.69, 9.17) is 10.5 Å². The summed E-state index contributed by atoms with van der Waals surface area (Å²) in [5.41, 5.74) is 10.2. The summed E-state index contributed by atoms with van der Waals surface area (Å²) in [6.45, 7) is 15.9. The van der Waals surface area contributed by atoms with E-state index < -0.39 is 11.5 Å². The SMILES string of the molecule is C[C@H](C[C@@H](O)[C@@H]1O[C@]1(C)[C@@H]1CCC[C@H]1c1cccc(N)c1)C1=C2CC[C@H]3[C@]4(C)C[C@@H](c5cccc(O)c5)C(=O)C(C)(C)[C@H]4CC[C@]3(C)[C@@]2(C)CC1=O. The molecule has 0 unspecified atom stereocenters. The van der Waals surface area contributed by atoms with Gasteiger partial charge in [0.15, 0.2) is 5.78 Å². The van der Waals surface area contributed by atoms with Crippen LogP contribution < -0.4 is 5.73 Å². The van der Waals surface area contributed by atoms with Crippen molar-refractivity contribution in [1.82, 2.24) is 0 Å². The molecule has 280 valence electrons. The van der Waals surface area contributed by atoms with Crippen molar-refractivity contribution in [2.75, 3.05) is 5.73 Å². The molecule has 0 bridgehead atoms. The summed E-state index contributed by atoms with van der Waals surface area (Å²) in [5, 5.41) is 22.1. The maximum Gasteiger partial charge on any atom is 0.159 e. The van der Waals surface area contributed by atoms with Crippen LogP contribution in [-0.4, -0.2) is 39.6 Å². The molecular weight excluding hydrogens is 647 g/mol. The van der Waals surface area contributed by atoms with Gasteiger partial charge in [-0.05, 0) is 140 Å². The summed E-state index contributed by atoms with van der Waals surface area (Å²) in [7, 11) is 0. The van der Waals surface area contributed by atoms with Gasteiger partial charge in [0, 0.05) is 28.9 Å². The molecule has 0 aromatic heterocycles. The third-order valence-electron chi connectivity index (χ3n) is 16.7. The number of anilines is 1. The minimum atomic E-state index is -0.632. The number of hydrogen-bond acceptors (Lipinski definition) is 6. The zero-order chi connectivity index (χ0) is 37.2. The topological polar surface area (TPSA) is 113 Å². The van der Waals surface area contributed by atoms with Crippen molar-refractivity contribution in [2.45, 2.75) is 142 Å². The van der Waals surface area contributed by atoms with E-state index in [2.05, 4.69) is 60.6 Å². The number of rotatable bonds is 7. The van der Waals surface area contributed by atoms with Crippen molar-refractivity contribution in [3.63, 3.8) is 0 Å². The molecule has 1 saturated heterocycles. The summed E-state index contributed by atoms with van der Waals surface area (Å²) in [5.74, 6) is 1.81. The highest BCUT2D eigenvalue weighted by atomic mass is 16.6. The van der Waals surface area contributed by atoms with Crippen molar-refractivity contribution in [3.8, 4) is 5.75 Å². The average molecular weight is 708 g/mol. The predicted molar refractivity (Wildman–Crippen MR) is 205 cm³/mol. The second-order valence-corrected chi connectivity index (χ2v) is 19.6. The quantitative estimate of drug-likeness (QED) is 0.195. The number of ether oxygens (including phenoxy) is 1. The van der Waals surface area contributed by atoms with Crippen molar-refractivity contribution in [1.29, 1.82) is 0 Å². The molecule has 0 amide bonds. The van der Waals surface area contributed by atoms with Crippen LogP contribution in [0.2, 0.25) is 0 Å². The first kappa shape index (κ1) is 36.0. The van der Waals surface area contributed by atoms with Gasteiger partial charge in [0.1, 0.15) is 17.6 Å². The number of aliphatic hydroxyl groups excluding tert-OH is 1. The molecule has 4 N–H and O–H groups in total. The van der Waals surface area contributed by atoms with Gasteiger partial charge >= 0.3 is 0 Å². The second kappa shape index (κ2) is 12.0. The van der Waals surface area contributed by atoms with Crippen LogP contribution in [0.3, 0.4) is 0 Å². The summed E-state index contributed by atoms with van der Waals surface area (Å²) in [6, 6.07) is 15.6. The number of allylic oxidation sites excluding steroid dienone is 2. The van der Waals surface area contributed by atoms with Crippen LogP contribution >= 0.6 is 0 Å². The van der Waals surface area contributed by atoms with E-state index in [0.717, 1.165) is 68.2 Å². The maximum absolute atomic E-state index is 14.3. The zero-order valence-electron chi connectivity index (χ0n) is 32.5. The molecule has 4 saturated carbocycles. The third-order valence-corrected chi connectivity index (χ3v) is 16.7. The normalized spacial score (nSPS) is 42.0. The molecule has 1 aliphatic heterocycles. The summed E-state index contributed by atoms with van der Waals surface area (Å²) >= 11 is 0. The van der Waals surface area contributed by atoms with Crippen molar-refractivity contribution in [3.05, 3.63) is 70.8 Å². The standard InChI is InChI=1S/C46H61NO5/c1-26(21-35(49)41-46(7,52-41)33-16-10-15-31(33)27-11-8-13-29(47)22-27)39-34-17-18-38-43(4)24-32(28-12-9-14-30(48)23-28)40(51)42(2,3)37(43)19-20-44(38,5)45(34,6)25-36(39)50/h8-9,11-14,22-23,26,31-33,35,37-38,41,48-49H,10,15-21,24-25,47H2,1-7H3/t26-,31+,32+,33-,35-,37-,38+,41+,43-,44+,45+,46-/m1/s1. The van der Waals surface area contributed by atoms with E-state index >= 15 is 0 Å². The monoisotopic (exact) mass is 707 g/mol. The van der Waals surface area contributed by atoms with Crippen molar-refractivity contribution < 1.29 is 24.5 Å². The summed E-state index contributed by atoms with van der Waals surface area (Å²) in [6.07, 6.45) is 8.21. The highest BCUT2D eigenvalue weighted by Crippen LogP contribution is 2.75. The Morgan fingerprint density at radius 1 is 0.923 bits per heavy atom. The first-order valence-electron chi connectivity index (χ1n) is 20.3. The van der Waals surface area contributed by atoms with Gasteiger partial charge in [-0.1, -0.05) is 77.8 Å². The molecule has 6 aliphatic rings. The lowest BCUT2D eigenvalue weighted by atomic mass is 9.35. The molecule has 2 aromatic carbocycles. The smallest absolute Gasteiger partial charge is 0.159 e. The average Bonchev–Trinajstić information content (AvgIpc) is 3.39. The number of Topliss-reactive ketones (excluding diaryl/α,β-unsaturated/α-hetero) is 2. The fraction of sp³-hybridized carbons (Fsp3) is 0.652. The molecule has 6 heteroatoms. The first-order chi connectivity index (χ1) is 24.5. The van der Waals surface area contributed by atoms with Gasteiger partial charge in [-0.15, -0.1) is 0 Å². The van der Waals surface area contributed by atoms with Gasteiger partial charge < -0.3 is 20.7 Å². The summed E-state index contributed by atoms with van der Waals surface area (Å²) < 4.78 is 6.45. The number of ketones is 2. The second-order valence-electron chi connectivity index (χ2n) is 19.6. The molecule has 5 fully saturated rings. The number of phenols is 1. The highest BCUT2D eigenvalue weighted by molar-refractivity contribution is 6.00. The number of fused-ring (bicyclic) bond motifs is 5. The Hall–Kier alpha value is -2.96. The zero-order valence-corrected chi connectivity index (χ0v) is 32.5. The van der Waals surface area contributed by atoms with E-state index in [1.165, 1.54) is 11.1 Å². The molecule has 2 aromatic rings. The van der Waals surface area contributed by atoms with Crippen LogP contribution in [0.5, 0.6) is 5.75 Å². The van der Waals surface area contributed by atoms with Gasteiger partial charge in [-0.25, -0.2) is 0 Å². The van der Waals surface area contributed by atoms with Gasteiger partial charge in [0.2, 0.25) is 0 Å². The Labute approximate surface area is 311 Å². The molecule has 1 heterocycles. The van der Waals surface area contributed by atoms with E-state index in [0.29, 0.717) is 36.4 Å². The Morgan fingerprint density at radius 3 is 2.38 bits per heavy atom. The first-order valence-corrected chi connectivity index (χ1v) is 20.3. The van der Waals surface area contributed by atoms with Crippen LogP contribution in [0, 0.1) is 45.3 Å². The Balaban J connectivity index is 1.04. The van der Waals surface area contributed by atoms with Crippen LogP contribution in [0.1, 0.15) is 136 Å². The molecule has 0 spiro atoms. The lowest BCUT2D eigenvalue weighted by Crippen LogP contribution is -2.63. The minimum absolute atomic E-state index is 0.0467. The number of carbonyl (C=O) groups is 2. The fourth-order valence-electron chi connectivity index (χ4n) is 14.1. The Morgan fingerprint density at radius 2 is 1.65 bits per heavy atom. The highest BCUT2D eigenvalue weighted by Gasteiger charge is 2.69.